The molecular weight excluding hydrogens is 1560 g/mol. The third kappa shape index (κ3) is 19.8. The van der Waals surface area contributed by atoms with E-state index in [2.05, 4.69) is 266 Å². The van der Waals surface area contributed by atoms with Gasteiger partial charge in [0.1, 0.15) is 28.7 Å². The molecule has 0 atom stereocenters. The van der Waals surface area contributed by atoms with E-state index in [1.807, 2.05) is 19.1 Å². The van der Waals surface area contributed by atoms with Crippen LogP contribution in [0.3, 0.4) is 0 Å². The van der Waals surface area contributed by atoms with E-state index in [0.29, 0.717) is 52.9 Å². The van der Waals surface area contributed by atoms with Crippen LogP contribution in [0.2, 0.25) is 0 Å². The Morgan fingerprint density at radius 1 is 0.347 bits per heavy atom. The Labute approximate surface area is 731 Å². The number of ether oxygens (including phenoxy) is 3. The SMILES string of the molecule is COS(=O)(=O)C(F)(F)F.COc1ccc2c(N(c3ccc(C(C)C)cc3)c3ccc(C(C)C)cc3)c3cc(C)ccc3c(N(c3ccc(C(C)C)cc3)c3ccc(C(C)(C)C)cc3)c2c1.COc1ccc2c(c1)C(=O)c1ccc(C)cc1C2=O.COc1ccc2cc3cc(C)ccc3cc2c1.O=C1c2ccc(O)cc2C(=O)c2ccc(O)cc21.[B].[H-].[Na+]. The summed E-state index contributed by atoms with van der Waals surface area (Å²) < 4.78 is 72.2. The Balaban J connectivity index is 0.000000206. The topological polar surface area (TPSA) is 186 Å². The third-order valence-corrected chi connectivity index (χ3v) is 22.3. The predicted molar refractivity (Wildman–Crippen MR) is 479 cm³/mol. The molecule has 0 saturated carbocycles. The van der Waals surface area contributed by atoms with Crippen LogP contribution in [0.15, 0.2) is 255 Å². The van der Waals surface area contributed by atoms with Gasteiger partial charge in [-0.1, -0.05) is 176 Å². The first-order chi connectivity index (χ1) is 56.5. The molecule has 2 N–H and O–H groups in total. The summed E-state index contributed by atoms with van der Waals surface area (Å²) in [6.45, 7) is 26.6. The smallest absolute Gasteiger partial charge is 1.00 e. The summed E-state index contributed by atoms with van der Waals surface area (Å²) in [4.78, 5) is 54.1. The van der Waals surface area contributed by atoms with Crippen molar-refractivity contribution in [2.24, 2.45) is 0 Å². The number of aromatic hydroxyl groups is 2. The van der Waals surface area contributed by atoms with Crippen molar-refractivity contribution in [3.8, 4) is 28.7 Å². The fraction of sp³-hybridized carbons (Fsp3) is 0.208. The number of nitrogens with zero attached hydrogens (tertiary/aromatic N) is 2. The van der Waals surface area contributed by atoms with Crippen molar-refractivity contribution in [3.63, 3.8) is 0 Å². The van der Waals surface area contributed by atoms with Gasteiger partial charge in [-0.05, 0) is 245 Å². The zero-order valence-electron chi connectivity index (χ0n) is 72.0. The van der Waals surface area contributed by atoms with E-state index in [-0.39, 0.29) is 102 Å². The molecule has 3 radical (unpaired) electrons. The molecule has 0 heterocycles. The maximum Gasteiger partial charge on any atom is 1.00 e. The van der Waals surface area contributed by atoms with Crippen LogP contribution in [0.4, 0.5) is 47.3 Å². The number of benzene rings is 14. The second-order valence-corrected chi connectivity index (χ2v) is 33.3. The van der Waals surface area contributed by atoms with Gasteiger partial charge >= 0.3 is 45.2 Å². The molecule has 0 spiro atoms. The van der Waals surface area contributed by atoms with Gasteiger partial charge in [0.15, 0.2) is 23.1 Å². The fourth-order valence-electron chi connectivity index (χ4n) is 14.6. The van der Waals surface area contributed by atoms with Gasteiger partial charge in [-0.15, -0.1) is 0 Å². The van der Waals surface area contributed by atoms with Gasteiger partial charge in [-0.3, -0.25) is 23.4 Å². The summed E-state index contributed by atoms with van der Waals surface area (Å²) in [6.07, 6.45) is 0. The Kier molecular flexibility index (Phi) is 28.6. The van der Waals surface area contributed by atoms with Crippen LogP contribution in [0.5, 0.6) is 28.7 Å². The molecule has 0 unspecified atom stereocenters. The summed E-state index contributed by atoms with van der Waals surface area (Å²) >= 11 is 0. The Morgan fingerprint density at radius 3 is 1.07 bits per heavy atom. The number of phenols is 2. The summed E-state index contributed by atoms with van der Waals surface area (Å²) in [5, 5.41) is 28.4. The molecule has 20 heteroatoms. The molecule has 14 nitrogen and oxygen atoms in total. The molecular formula is C101H96BF3N2NaO12S. The Hall–Kier alpha value is -11.8. The second kappa shape index (κ2) is 37.8. The minimum Gasteiger partial charge on any atom is -1.00 e. The van der Waals surface area contributed by atoms with Gasteiger partial charge in [0, 0.05) is 97.2 Å². The van der Waals surface area contributed by atoms with Crippen LogP contribution in [0.25, 0.3) is 43.1 Å². The molecule has 0 aliphatic heterocycles. The number of hydrogen-bond donors (Lipinski definition) is 2. The first-order valence-corrected chi connectivity index (χ1v) is 40.5. The molecule has 0 amide bonds. The van der Waals surface area contributed by atoms with Gasteiger partial charge in [0.2, 0.25) is 0 Å². The molecule has 14 aromatic rings. The normalized spacial score (nSPS) is 12.1. The summed E-state index contributed by atoms with van der Waals surface area (Å²) in [5.41, 5.74) is 12.9. The number of anilines is 6. The van der Waals surface area contributed by atoms with Gasteiger partial charge in [-0.2, -0.15) is 21.6 Å². The number of halogens is 3. The quantitative estimate of drug-likeness (QED) is 0.0365. The number of ketones is 4. The van der Waals surface area contributed by atoms with Gasteiger partial charge in [0.25, 0.3) is 0 Å². The van der Waals surface area contributed by atoms with Crippen molar-refractivity contribution in [2.45, 2.75) is 112 Å². The van der Waals surface area contributed by atoms with Gasteiger partial charge in [0.05, 0.1) is 39.8 Å². The molecule has 0 aromatic heterocycles. The maximum absolute atomic E-state index is 12.4. The van der Waals surface area contributed by atoms with E-state index in [4.69, 9.17) is 14.2 Å². The van der Waals surface area contributed by atoms with Crippen molar-refractivity contribution >= 4 is 119 Å². The van der Waals surface area contributed by atoms with Crippen LogP contribution in [-0.4, -0.2) is 84.1 Å². The Bertz CT molecular complexity index is 6240. The second-order valence-electron chi connectivity index (χ2n) is 31.6. The van der Waals surface area contributed by atoms with Crippen molar-refractivity contribution in [1.29, 1.82) is 0 Å². The first-order valence-electron chi connectivity index (χ1n) is 39.0. The molecule has 14 aromatic carbocycles. The molecule has 0 fully saturated rings. The maximum atomic E-state index is 12.4. The predicted octanol–water partition coefficient (Wildman–Crippen LogP) is 22.1. The van der Waals surface area contributed by atoms with Crippen molar-refractivity contribution in [1.82, 2.24) is 0 Å². The van der Waals surface area contributed by atoms with E-state index in [1.54, 1.807) is 44.6 Å². The minimum absolute atomic E-state index is 0. The number of aryl methyl sites for hydroxylation is 3. The van der Waals surface area contributed by atoms with E-state index in [0.717, 1.165) is 62.0 Å². The number of carbonyl (C=O) groups excluding carboxylic acids is 4. The van der Waals surface area contributed by atoms with E-state index < -0.39 is 15.6 Å². The molecule has 121 heavy (non-hydrogen) atoms. The number of fused-ring (bicyclic) bond motifs is 8. The molecule has 2 aliphatic carbocycles. The molecule has 16 rings (SSSR count). The summed E-state index contributed by atoms with van der Waals surface area (Å²) in [6, 6.07) is 85.7. The fourth-order valence-corrected chi connectivity index (χ4v) is 14.8. The number of rotatable bonds is 13. The van der Waals surface area contributed by atoms with E-state index in [1.165, 1.54) is 109 Å². The minimum atomic E-state index is -5.34. The Morgan fingerprint density at radius 2 is 0.661 bits per heavy atom. The van der Waals surface area contributed by atoms with Crippen LogP contribution >= 0.6 is 0 Å². The summed E-state index contributed by atoms with van der Waals surface area (Å²) in [7, 11) is 0.110. The number of hydrogen-bond acceptors (Lipinski definition) is 14. The summed E-state index contributed by atoms with van der Waals surface area (Å²) in [5.74, 6) is 2.64. The van der Waals surface area contributed by atoms with E-state index in [9.17, 15) is 51.0 Å². The first kappa shape index (κ1) is 91.5. The monoisotopic (exact) mass is 1650 g/mol. The van der Waals surface area contributed by atoms with Gasteiger partial charge in [-0.25, -0.2) is 0 Å². The van der Waals surface area contributed by atoms with Gasteiger partial charge < -0.3 is 35.7 Å². The molecule has 0 saturated heterocycles. The molecule has 613 valence electrons. The van der Waals surface area contributed by atoms with Crippen LogP contribution < -0.4 is 53.6 Å². The molecule has 0 bridgehead atoms. The average Bonchev–Trinajstić information content (AvgIpc) is 0.716. The molecule has 2 aliphatic rings. The van der Waals surface area contributed by atoms with Crippen molar-refractivity contribution in [2.75, 3.05) is 38.2 Å². The zero-order chi connectivity index (χ0) is 85.9. The number of carbonyl (C=O) groups is 4. The zero-order valence-corrected chi connectivity index (χ0v) is 73.8. The van der Waals surface area contributed by atoms with E-state index >= 15 is 0 Å². The van der Waals surface area contributed by atoms with Crippen molar-refractivity contribution < 1.29 is 100 Å². The third-order valence-electron chi connectivity index (χ3n) is 21.3. The average molecular weight is 1650 g/mol. The number of methoxy groups -OCH3 is 3. The number of phenolic OH excluding ortho intramolecular Hbond substituents is 2. The van der Waals surface area contributed by atoms with Crippen LogP contribution in [0, 0.1) is 20.8 Å². The van der Waals surface area contributed by atoms with Crippen LogP contribution in [-0.2, 0) is 19.7 Å². The van der Waals surface area contributed by atoms with Crippen molar-refractivity contribution in [3.05, 3.63) is 338 Å². The van der Waals surface area contributed by atoms with Crippen LogP contribution in [0.1, 0.15) is 184 Å². The number of alkyl halides is 3. The largest absolute Gasteiger partial charge is 1.00 e. The standard InChI is InChI=1S/C53H58N2O.C16H12O3.C16H14O.C14H8O4.C2H3F3O3S.B.Na.H/c1-34(2)38-13-21-42(22-14-38)54(43-23-15-39(16-24-43)35(3)4)51-48-31-29-46(56-11)33-50(48)52(47-30-12-37(7)32-49(47)51)55(44-25-17-40(18-26-44)36(5)6)45-27-19-41(20-28-45)53(8,9)10;1-9-3-5-11-13(7-9)15(17)12-6-4-10(19-2)8-14(12)16(11)18;1-11-3-4-12-9-15-10-16(17-2)6-5-13(15)8-14(12)7-11;15-7-1-3-9-11(5-7)14(18)10-4-2-8(16)6-12(10)13(9)17;1-8-9(6,7)2(3,4)5;;;/h12-36H,1-11H3;3-8H,1-2H3;3-10H,1-2H3;1-6,15-16H;1H3;;;/q;;;;;;+1;-1.